The van der Waals surface area contributed by atoms with E-state index < -0.39 is 0 Å². The Hall–Kier alpha value is -6.47. The Morgan fingerprint density at radius 2 is 1.47 bits per heavy atom. The lowest BCUT2D eigenvalue weighted by Gasteiger charge is -2.32. The third-order valence-electron chi connectivity index (χ3n) is 12.2. The molecule has 0 saturated carbocycles. The summed E-state index contributed by atoms with van der Waals surface area (Å²) in [7, 11) is 0. The van der Waals surface area contributed by atoms with E-state index in [1.807, 2.05) is 17.4 Å². The summed E-state index contributed by atoms with van der Waals surface area (Å²) in [5, 5.41) is 11.3. The van der Waals surface area contributed by atoms with Crippen LogP contribution < -0.4 is 15.5 Å². The van der Waals surface area contributed by atoms with E-state index in [0.717, 1.165) is 46.7 Å². The molecule has 0 fully saturated rings. The van der Waals surface area contributed by atoms with Crippen LogP contribution in [0, 0.1) is 0 Å². The molecule has 6 heteroatoms. The summed E-state index contributed by atoms with van der Waals surface area (Å²) in [6.07, 6.45) is 13.0. The van der Waals surface area contributed by atoms with Gasteiger partial charge < -0.3 is 14.6 Å². The number of anilines is 1. The van der Waals surface area contributed by atoms with E-state index in [1.165, 1.54) is 59.2 Å². The first-order valence-electron chi connectivity index (χ1n) is 19.9. The van der Waals surface area contributed by atoms with Crippen molar-refractivity contribution >= 4 is 60.1 Å². The summed E-state index contributed by atoms with van der Waals surface area (Å²) in [6.45, 7) is 0. The van der Waals surface area contributed by atoms with Crippen LogP contribution in [0.3, 0.4) is 0 Å². The lowest BCUT2D eigenvalue weighted by atomic mass is 9.91. The number of amidine groups is 1. The highest BCUT2D eigenvalue weighted by Crippen LogP contribution is 2.49. The minimum Gasteiger partial charge on any atom is -0.460 e. The predicted octanol–water partition coefficient (Wildman–Crippen LogP) is 12.2. The molecule has 2 aromatic heterocycles. The minimum absolute atomic E-state index is 0.134. The van der Waals surface area contributed by atoms with Crippen LogP contribution in [0.1, 0.15) is 58.2 Å². The molecule has 0 saturated heterocycles. The van der Waals surface area contributed by atoms with Crippen LogP contribution in [0.4, 0.5) is 5.69 Å². The maximum Gasteiger partial charge on any atom is 0.142 e. The molecule has 274 valence electrons. The number of nitrogens with zero attached hydrogens (tertiary/aromatic N) is 2. The number of hydrogen-bond donors (Lipinski definition) is 2. The van der Waals surface area contributed by atoms with Crippen molar-refractivity contribution in [3.63, 3.8) is 0 Å². The number of aliphatic imine (C=N–C) groups is 1. The van der Waals surface area contributed by atoms with Crippen molar-refractivity contribution in [3.05, 3.63) is 203 Å². The molecule has 8 aromatic rings. The molecule has 0 amide bonds. The molecule has 4 unspecified atom stereocenters. The second kappa shape index (κ2) is 13.1. The van der Waals surface area contributed by atoms with E-state index in [2.05, 4.69) is 179 Å². The van der Waals surface area contributed by atoms with E-state index >= 15 is 0 Å². The molecule has 0 spiro atoms. The van der Waals surface area contributed by atoms with Crippen molar-refractivity contribution in [2.75, 3.05) is 4.90 Å². The Kier molecular flexibility index (Phi) is 7.50. The summed E-state index contributed by atoms with van der Waals surface area (Å²) < 4.78 is 9.36. The summed E-state index contributed by atoms with van der Waals surface area (Å²) in [5.74, 6) is 2.35. The maximum atomic E-state index is 6.82. The lowest BCUT2D eigenvalue weighted by molar-refractivity contribution is 0.411. The zero-order chi connectivity index (χ0) is 37.5. The second-order valence-corrected chi connectivity index (χ2v) is 16.5. The molecule has 0 radical (unpaired) electrons. The van der Waals surface area contributed by atoms with E-state index in [4.69, 9.17) is 9.41 Å². The van der Waals surface area contributed by atoms with Gasteiger partial charge in [-0.05, 0) is 47.4 Å². The molecule has 4 atom stereocenters. The number of rotatable bonds is 5. The Labute approximate surface area is 335 Å². The monoisotopic (exact) mass is 754 g/mol. The average Bonchev–Trinajstić information content (AvgIpc) is 3.96. The first-order valence-corrected chi connectivity index (χ1v) is 20.7. The number of fused-ring (bicyclic) bond motifs is 9. The van der Waals surface area contributed by atoms with E-state index in [1.54, 1.807) is 0 Å². The average molecular weight is 755 g/mol. The Morgan fingerprint density at radius 1 is 0.684 bits per heavy atom. The van der Waals surface area contributed by atoms with Crippen LogP contribution in [-0.4, -0.2) is 11.9 Å². The number of allylic oxidation sites excluding steroid dienone is 3. The third-order valence-corrected chi connectivity index (χ3v) is 13.4. The largest absolute Gasteiger partial charge is 0.460 e. The van der Waals surface area contributed by atoms with Gasteiger partial charge in [0.2, 0.25) is 0 Å². The second-order valence-electron chi connectivity index (χ2n) is 15.4. The van der Waals surface area contributed by atoms with Gasteiger partial charge in [0.25, 0.3) is 0 Å². The number of furan rings is 1. The molecular formula is C51H38N4OS. The van der Waals surface area contributed by atoms with Crippen LogP contribution in [0.25, 0.3) is 48.3 Å². The molecular weight excluding hydrogens is 717 g/mol. The molecule has 2 N–H and O–H groups in total. The molecule has 5 nitrogen and oxygen atoms in total. The number of benzene rings is 6. The molecule has 6 aromatic carbocycles. The zero-order valence-corrected chi connectivity index (χ0v) is 31.9. The number of aryl methyl sites for hydroxylation is 1. The van der Waals surface area contributed by atoms with Crippen LogP contribution in [-0.2, 0) is 6.42 Å². The molecule has 4 heterocycles. The van der Waals surface area contributed by atoms with Gasteiger partial charge in [0.1, 0.15) is 29.5 Å². The van der Waals surface area contributed by atoms with Gasteiger partial charge in [-0.25, -0.2) is 4.99 Å². The fourth-order valence-electron chi connectivity index (χ4n) is 9.54. The van der Waals surface area contributed by atoms with Gasteiger partial charge in [-0.1, -0.05) is 146 Å². The highest BCUT2D eigenvalue weighted by molar-refractivity contribution is 7.26. The number of nitrogens with one attached hydrogen (secondary N) is 2. The molecule has 0 bridgehead atoms. The van der Waals surface area contributed by atoms with E-state index in [9.17, 15) is 0 Å². The normalized spacial score (nSPS) is 20.9. The molecule has 4 aliphatic rings. The Balaban J connectivity index is 0.921. The van der Waals surface area contributed by atoms with Crippen LogP contribution in [0.2, 0.25) is 0 Å². The smallest absolute Gasteiger partial charge is 0.142 e. The van der Waals surface area contributed by atoms with Gasteiger partial charge in [-0.15, -0.1) is 11.3 Å². The Morgan fingerprint density at radius 3 is 2.39 bits per heavy atom. The van der Waals surface area contributed by atoms with Gasteiger partial charge in [-0.3, -0.25) is 5.32 Å². The summed E-state index contributed by atoms with van der Waals surface area (Å²) in [6, 6.07) is 50.4. The van der Waals surface area contributed by atoms with Gasteiger partial charge in [0.15, 0.2) is 0 Å². The van der Waals surface area contributed by atoms with E-state index in [0.29, 0.717) is 12.0 Å². The number of para-hydroxylation sites is 2. The fourth-order valence-corrected chi connectivity index (χ4v) is 10.8. The highest BCUT2D eigenvalue weighted by Gasteiger charge is 2.39. The summed E-state index contributed by atoms with van der Waals surface area (Å²) in [5.41, 5.74) is 12.0. The molecule has 57 heavy (non-hydrogen) atoms. The van der Waals surface area contributed by atoms with E-state index in [-0.39, 0.29) is 12.3 Å². The standard InChI is InChI=1S/C51H38N4OS/c1-3-13-31(14-4-1)49-52-50(32-15-5-2-6-16-32)54-51(53-49)40-22-12-21-39-42-29-33(25-28-46(42)57-48(39)40)35-19-11-20-38-41-30-34(26-27-45(41)56-47(35)38)55-43-23-9-7-17-36(43)37-18-8-10-24-44(37)55/h1-25,28-30,36,43,49,51,53H,26-27H2,(H,52,54). The van der Waals surface area contributed by atoms with Crippen LogP contribution in [0.15, 0.2) is 179 Å². The first-order chi connectivity index (χ1) is 28.2. The fraction of sp³-hybridized carbons (Fsp3) is 0.118. The molecule has 2 aliphatic carbocycles. The molecule has 12 rings (SSSR count). The third kappa shape index (κ3) is 5.28. The van der Waals surface area contributed by atoms with Crippen molar-refractivity contribution in [1.29, 1.82) is 0 Å². The van der Waals surface area contributed by atoms with Crippen molar-refractivity contribution in [3.8, 4) is 11.1 Å². The highest BCUT2D eigenvalue weighted by atomic mass is 32.1. The van der Waals surface area contributed by atoms with Crippen molar-refractivity contribution in [1.82, 2.24) is 10.6 Å². The van der Waals surface area contributed by atoms with Crippen LogP contribution >= 0.6 is 11.3 Å². The SMILES string of the molecule is C1=CC2c3ccccc3N(C3=Cc4c(oc5c(-c6ccc7sc8c(C9NC(c%10ccccc%10)=NC(c%10ccccc%10)N9)cccc8c7c6)cccc45)CC3)C2C=C1. The topological polar surface area (TPSA) is 52.8 Å². The van der Waals surface area contributed by atoms with Crippen molar-refractivity contribution in [2.45, 2.75) is 37.1 Å². The van der Waals surface area contributed by atoms with Crippen molar-refractivity contribution in [2.24, 2.45) is 4.99 Å². The quantitative estimate of drug-likeness (QED) is 0.184. The Bertz CT molecular complexity index is 3010. The van der Waals surface area contributed by atoms with Crippen LogP contribution in [0.5, 0.6) is 0 Å². The zero-order valence-electron chi connectivity index (χ0n) is 31.1. The minimum atomic E-state index is -0.182. The van der Waals surface area contributed by atoms with Gasteiger partial charge >= 0.3 is 0 Å². The maximum absolute atomic E-state index is 6.82. The first kappa shape index (κ1) is 32.7. The van der Waals surface area contributed by atoms with Crippen molar-refractivity contribution < 1.29 is 4.42 Å². The summed E-state index contributed by atoms with van der Waals surface area (Å²) in [4.78, 5) is 7.72. The number of hydrogen-bond acceptors (Lipinski definition) is 6. The van der Waals surface area contributed by atoms with Gasteiger partial charge in [-0.2, -0.15) is 0 Å². The van der Waals surface area contributed by atoms with Gasteiger partial charge in [0.05, 0.1) is 6.04 Å². The molecule has 2 aliphatic heterocycles. The lowest BCUT2D eigenvalue weighted by Crippen LogP contribution is -2.45. The van der Waals surface area contributed by atoms with Gasteiger partial charge in [0, 0.05) is 71.5 Å². The predicted molar refractivity (Wildman–Crippen MR) is 236 cm³/mol. The summed E-state index contributed by atoms with van der Waals surface area (Å²) >= 11 is 1.86. The number of thiophene rings is 1.